The molecule has 102 valence electrons. The molecule has 1 amide bonds. The third-order valence-electron chi connectivity index (χ3n) is 5.44. The Morgan fingerprint density at radius 2 is 1.94 bits per heavy atom. The van der Waals surface area contributed by atoms with Crippen LogP contribution in [0.15, 0.2) is 0 Å². The van der Waals surface area contributed by atoms with E-state index >= 15 is 0 Å². The minimum absolute atomic E-state index is 0.406. The molecule has 1 heterocycles. The molecule has 3 heteroatoms. The summed E-state index contributed by atoms with van der Waals surface area (Å²) in [6.07, 6.45) is 6.17. The zero-order valence-electron chi connectivity index (χ0n) is 11.7. The van der Waals surface area contributed by atoms with Gasteiger partial charge in [0.1, 0.15) is 0 Å². The lowest BCUT2D eigenvalue weighted by Crippen LogP contribution is -2.58. The molecule has 2 saturated carbocycles. The molecule has 0 radical (unpaired) electrons. The van der Waals surface area contributed by atoms with Crippen LogP contribution < -0.4 is 5.32 Å². The molecule has 3 fully saturated rings. The molecule has 0 aromatic rings. The van der Waals surface area contributed by atoms with E-state index in [-0.39, 0.29) is 0 Å². The van der Waals surface area contributed by atoms with Crippen molar-refractivity contribution in [3.05, 3.63) is 0 Å². The lowest BCUT2D eigenvalue weighted by Gasteiger charge is -2.40. The van der Waals surface area contributed by atoms with Gasteiger partial charge in [-0.15, -0.1) is 0 Å². The Labute approximate surface area is 110 Å². The summed E-state index contributed by atoms with van der Waals surface area (Å²) in [5.41, 5.74) is 0. The maximum absolute atomic E-state index is 12.7. The number of carbonyl (C=O) groups is 1. The van der Waals surface area contributed by atoms with Gasteiger partial charge in [0.05, 0.1) is 0 Å². The van der Waals surface area contributed by atoms with Crippen LogP contribution in [-0.2, 0) is 4.79 Å². The number of fused-ring (bicyclic) bond motifs is 1. The number of hydrogen-bond donors (Lipinski definition) is 1. The van der Waals surface area contributed by atoms with E-state index in [1.165, 1.54) is 19.3 Å². The highest BCUT2D eigenvalue weighted by atomic mass is 16.2. The molecule has 4 atom stereocenters. The van der Waals surface area contributed by atoms with Crippen molar-refractivity contribution in [2.75, 3.05) is 13.1 Å². The molecule has 0 bridgehead atoms. The van der Waals surface area contributed by atoms with Crippen molar-refractivity contribution >= 4 is 5.91 Å². The smallest absolute Gasteiger partial charge is 0.226 e. The van der Waals surface area contributed by atoms with E-state index in [1.807, 2.05) is 0 Å². The fraction of sp³-hybridized carbons (Fsp3) is 0.933. The predicted octanol–water partition coefficient (Wildman–Crippen LogP) is 2.02. The van der Waals surface area contributed by atoms with E-state index in [1.54, 1.807) is 0 Å². The second-order valence-corrected chi connectivity index (χ2v) is 6.35. The number of rotatable bonds is 3. The predicted molar refractivity (Wildman–Crippen MR) is 72.2 cm³/mol. The molecule has 0 aromatic carbocycles. The Morgan fingerprint density at radius 3 is 2.56 bits per heavy atom. The topological polar surface area (TPSA) is 32.3 Å². The fourth-order valence-electron chi connectivity index (χ4n) is 4.15. The minimum atomic E-state index is 0.406. The molecule has 1 N–H and O–H groups in total. The lowest BCUT2D eigenvalue weighted by molar-refractivity contribution is -0.137. The Hall–Kier alpha value is -0.570. The first-order chi connectivity index (χ1) is 8.76. The molecule has 0 aromatic heterocycles. The van der Waals surface area contributed by atoms with Gasteiger partial charge in [0, 0.05) is 31.1 Å². The lowest BCUT2D eigenvalue weighted by atomic mass is 10.0. The number of nitrogens with one attached hydrogen (secondary N) is 1. The van der Waals surface area contributed by atoms with Crippen molar-refractivity contribution < 1.29 is 4.79 Å². The highest BCUT2D eigenvalue weighted by Crippen LogP contribution is 2.58. The Kier molecular flexibility index (Phi) is 3.35. The summed E-state index contributed by atoms with van der Waals surface area (Å²) < 4.78 is 0. The van der Waals surface area contributed by atoms with Crippen molar-refractivity contribution in [2.45, 2.75) is 58.0 Å². The van der Waals surface area contributed by atoms with Gasteiger partial charge in [0.25, 0.3) is 0 Å². The summed E-state index contributed by atoms with van der Waals surface area (Å²) in [5.74, 6) is 2.40. The van der Waals surface area contributed by atoms with E-state index in [9.17, 15) is 4.79 Å². The van der Waals surface area contributed by atoms with Crippen LogP contribution in [0, 0.1) is 17.8 Å². The van der Waals surface area contributed by atoms with Crippen LogP contribution in [0.2, 0.25) is 0 Å². The number of nitrogens with zero attached hydrogens (tertiary/aromatic N) is 1. The van der Waals surface area contributed by atoms with Gasteiger partial charge in [-0.25, -0.2) is 0 Å². The van der Waals surface area contributed by atoms with Crippen molar-refractivity contribution in [3.8, 4) is 0 Å². The molecule has 4 unspecified atom stereocenters. The normalized spacial score (nSPS) is 42.8. The summed E-state index contributed by atoms with van der Waals surface area (Å²) in [4.78, 5) is 14.9. The monoisotopic (exact) mass is 250 g/mol. The first-order valence-electron chi connectivity index (χ1n) is 7.80. The summed E-state index contributed by atoms with van der Waals surface area (Å²) in [6.45, 7) is 6.33. The first-order valence-corrected chi connectivity index (χ1v) is 7.80. The molecule has 1 saturated heterocycles. The van der Waals surface area contributed by atoms with Gasteiger partial charge in [0.15, 0.2) is 0 Å². The highest BCUT2D eigenvalue weighted by Gasteiger charge is 2.58. The molecular formula is C15H26N2O. The van der Waals surface area contributed by atoms with Crippen molar-refractivity contribution in [1.82, 2.24) is 10.2 Å². The Balaban J connectivity index is 1.66. The summed E-state index contributed by atoms with van der Waals surface area (Å²) in [7, 11) is 0. The zero-order valence-corrected chi connectivity index (χ0v) is 11.7. The maximum Gasteiger partial charge on any atom is 0.226 e. The quantitative estimate of drug-likeness (QED) is 0.831. The molecule has 0 spiro atoms. The zero-order chi connectivity index (χ0) is 12.7. The number of piperazine rings is 1. The van der Waals surface area contributed by atoms with Crippen LogP contribution in [-0.4, -0.2) is 36.0 Å². The van der Waals surface area contributed by atoms with Crippen LogP contribution in [0.5, 0.6) is 0 Å². The molecule has 1 aliphatic heterocycles. The van der Waals surface area contributed by atoms with Crippen LogP contribution >= 0.6 is 0 Å². The van der Waals surface area contributed by atoms with Gasteiger partial charge in [-0.2, -0.15) is 0 Å². The Bertz CT molecular complexity index is 320. The highest BCUT2D eigenvalue weighted by molar-refractivity contribution is 5.83. The summed E-state index contributed by atoms with van der Waals surface area (Å²) in [5, 5.41) is 3.57. The summed E-state index contributed by atoms with van der Waals surface area (Å²) in [6, 6.07) is 0.942. The van der Waals surface area contributed by atoms with E-state index in [0.29, 0.717) is 23.9 Å². The van der Waals surface area contributed by atoms with Crippen LogP contribution in [0.1, 0.15) is 46.0 Å². The minimum Gasteiger partial charge on any atom is -0.337 e. The second-order valence-electron chi connectivity index (χ2n) is 6.35. The van der Waals surface area contributed by atoms with Gasteiger partial charge >= 0.3 is 0 Å². The molecule has 3 aliphatic rings. The van der Waals surface area contributed by atoms with Crippen molar-refractivity contribution in [2.24, 2.45) is 17.8 Å². The molecule has 2 aliphatic carbocycles. The largest absolute Gasteiger partial charge is 0.337 e. The Morgan fingerprint density at radius 1 is 1.22 bits per heavy atom. The van der Waals surface area contributed by atoms with Crippen molar-refractivity contribution in [1.29, 1.82) is 0 Å². The van der Waals surface area contributed by atoms with E-state index < -0.39 is 0 Å². The van der Waals surface area contributed by atoms with Gasteiger partial charge in [0.2, 0.25) is 5.91 Å². The average molecular weight is 250 g/mol. The van der Waals surface area contributed by atoms with E-state index in [2.05, 4.69) is 24.1 Å². The number of hydrogen-bond acceptors (Lipinski definition) is 2. The molecule has 3 rings (SSSR count). The van der Waals surface area contributed by atoms with E-state index in [4.69, 9.17) is 0 Å². The fourth-order valence-corrected chi connectivity index (χ4v) is 4.15. The third-order valence-corrected chi connectivity index (χ3v) is 5.44. The van der Waals surface area contributed by atoms with Gasteiger partial charge in [-0.3, -0.25) is 4.79 Å². The van der Waals surface area contributed by atoms with Crippen molar-refractivity contribution in [3.63, 3.8) is 0 Å². The molecule has 3 nitrogen and oxygen atoms in total. The summed E-state index contributed by atoms with van der Waals surface area (Å²) >= 11 is 0. The van der Waals surface area contributed by atoms with E-state index in [0.717, 1.165) is 37.8 Å². The van der Waals surface area contributed by atoms with Crippen LogP contribution in [0.25, 0.3) is 0 Å². The third kappa shape index (κ3) is 1.97. The standard InChI is InChI=1S/C15H26N2O/c1-3-10-9-17(11(4-2)8-16-10)15(18)14-12-6-5-7-13(12)14/h10-14,16H,3-9H2,1-2H3. The number of carbonyl (C=O) groups excluding carboxylic acids is 1. The van der Waals surface area contributed by atoms with Crippen LogP contribution in [0.3, 0.4) is 0 Å². The van der Waals surface area contributed by atoms with Gasteiger partial charge in [-0.05, 0) is 37.5 Å². The first kappa shape index (κ1) is 12.5. The van der Waals surface area contributed by atoms with Gasteiger partial charge < -0.3 is 10.2 Å². The average Bonchev–Trinajstić information content (AvgIpc) is 2.89. The molecule has 18 heavy (non-hydrogen) atoms. The van der Waals surface area contributed by atoms with Crippen LogP contribution in [0.4, 0.5) is 0 Å². The maximum atomic E-state index is 12.7. The second kappa shape index (κ2) is 4.84. The van der Waals surface area contributed by atoms with Gasteiger partial charge in [-0.1, -0.05) is 20.3 Å². The number of amides is 1. The SMILES string of the molecule is CCC1CN(C(=O)C2C3CCCC32)C(CC)CN1. The molecular weight excluding hydrogens is 224 g/mol.